The Bertz CT molecular complexity index is 629. The molecule has 2 fully saturated rings. The van der Waals surface area contributed by atoms with Gasteiger partial charge in [0.1, 0.15) is 0 Å². The fourth-order valence-electron chi connectivity index (χ4n) is 4.20. The van der Waals surface area contributed by atoms with Crippen LogP contribution >= 0.6 is 12.4 Å². The lowest BCUT2D eigenvalue weighted by Crippen LogP contribution is -2.38. The zero-order valence-corrected chi connectivity index (χ0v) is 13.9. The van der Waals surface area contributed by atoms with Gasteiger partial charge < -0.3 is 5.32 Å². The van der Waals surface area contributed by atoms with Crippen LogP contribution < -0.4 is 5.32 Å². The molecule has 0 radical (unpaired) electrons. The summed E-state index contributed by atoms with van der Waals surface area (Å²) in [6.07, 6.45) is 4.11. The summed E-state index contributed by atoms with van der Waals surface area (Å²) in [7, 11) is 0. The van der Waals surface area contributed by atoms with Gasteiger partial charge in [0.05, 0.1) is 0 Å². The molecule has 0 unspecified atom stereocenters. The van der Waals surface area contributed by atoms with Crippen LogP contribution in [0, 0.1) is 5.41 Å². The van der Waals surface area contributed by atoms with Gasteiger partial charge in [-0.05, 0) is 60.6 Å². The molecule has 22 heavy (non-hydrogen) atoms. The summed E-state index contributed by atoms with van der Waals surface area (Å²) < 4.78 is 0. The van der Waals surface area contributed by atoms with Gasteiger partial charge in [-0.25, -0.2) is 0 Å². The Morgan fingerprint density at radius 3 is 2.59 bits per heavy atom. The average molecular weight is 317 g/mol. The maximum absolute atomic E-state index is 3.51. The van der Waals surface area contributed by atoms with Crippen LogP contribution in [0.4, 0.5) is 0 Å². The highest BCUT2D eigenvalue weighted by Gasteiger charge is 2.38. The quantitative estimate of drug-likeness (QED) is 0.905. The van der Waals surface area contributed by atoms with E-state index in [-0.39, 0.29) is 12.4 Å². The molecule has 0 atom stereocenters. The number of nitrogens with one attached hydrogen (secondary N) is 1. The number of hydrogen-bond donors (Lipinski definition) is 1. The molecule has 0 saturated carbocycles. The summed E-state index contributed by atoms with van der Waals surface area (Å²) in [5, 5.41) is 6.30. The molecule has 0 amide bonds. The Balaban J connectivity index is 0.00000144. The lowest BCUT2D eigenvalue weighted by Gasteiger charge is -2.34. The fraction of sp³-hybridized carbons (Fsp3) is 0.474. The molecule has 4 rings (SSSR count). The summed E-state index contributed by atoms with van der Waals surface area (Å²) in [5.74, 6) is 0. The zero-order valence-electron chi connectivity index (χ0n) is 13.1. The van der Waals surface area contributed by atoms with Crippen LogP contribution in [0.25, 0.3) is 10.8 Å². The first-order valence-corrected chi connectivity index (χ1v) is 8.24. The van der Waals surface area contributed by atoms with Crippen molar-refractivity contribution in [3.05, 3.63) is 48.0 Å². The monoisotopic (exact) mass is 316 g/mol. The number of fused-ring (bicyclic) bond motifs is 1. The predicted molar refractivity (Wildman–Crippen MR) is 95.6 cm³/mol. The Labute approximate surface area is 139 Å². The van der Waals surface area contributed by atoms with Gasteiger partial charge in [0.2, 0.25) is 0 Å². The third-order valence-electron chi connectivity index (χ3n) is 5.46. The Kier molecular flexibility index (Phi) is 4.72. The maximum atomic E-state index is 3.51. The topological polar surface area (TPSA) is 15.3 Å². The Hall–Kier alpha value is -1.09. The second-order valence-corrected chi connectivity index (χ2v) is 6.85. The number of likely N-dealkylation sites (tertiary alicyclic amines) is 1. The molecule has 2 aromatic rings. The number of benzene rings is 2. The highest BCUT2D eigenvalue weighted by atomic mass is 35.5. The second-order valence-electron chi connectivity index (χ2n) is 6.85. The number of rotatable bonds is 2. The first-order chi connectivity index (χ1) is 10.3. The molecule has 0 aromatic heterocycles. The Morgan fingerprint density at radius 2 is 1.73 bits per heavy atom. The highest BCUT2D eigenvalue weighted by Crippen LogP contribution is 2.39. The van der Waals surface area contributed by atoms with Crippen molar-refractivity contribution in [3.8, 4) is 0 Å². The van der Waals surface area contributed by atoms with Gasteiger partial charge in [0.25, 0.3) is 0 Å². The number of halogens is 1. The zero-order chi connectivity index (χ0) is 14.1. The molecule has 2 heterocycles. The third kappa shape index (κ3) is 3.01. The van der Waals surface area contributed by atoms with Gasteiger partial charge in [-0.1, -0.05) is 42.5 Å². The number of hydrogen-bond acceptors (Lipinski definition) is 2. The maximum Gasteiger partial charge on any atom is 0.0240 e. The average Bonchev–Trinajstić information content (AvgIpc) is 2.91. The summed E-state index contributed by atoms with van der Waals surface area (Å²) in [6, 6.07) is 15.5. The van der Waals surface area contributed by atoms with E-state index in [9.17, 15) is 0 Å². The van der Waals surface area contributed by atoms with Crippen LogP contribution in [0.3, 0.4) is 0 Å². The van der Waals surface area contributed by atoms with Crippen LogP contribution in [0.2, 0.25) is 0 Å². The van der Waals surface area contributed by atoms with E-state index in [1.807, 2.05) is 0 Å². The largest absolute Gasteiger partial charge is 0.317 e. The fourth-order valence-corrected chi connectivity index (χ4v) is 4.20. The summed E-state index contributed by atoms with van der Waals surface area (Å²) >= 11 is 0. The van der Waals surface area contributed by atoms with E-state index in [1.54, 1.807) is 0 Å². The van der Waals surface area contributed by atoms with E-state index in [0.717, 1.165) is 6.54 Å². The summed E-state index contributed by atoms with van der Waals surface area (Å²) in [6.45, 7) is 6.09. The first kappa shape index (κ1) is 15.8. The molecule has 2 aliphatic rings. The van der Waals surface area contributed by atoms with Gasteiger partial charge in [-0.3, -0.25) is 4.90 Å². The van der Waals surface area contributed by atoms with Gasteiger partial charge in [0.15, 0.2) is 0 Å². The van der Waals surface area contributed by atoms with Crippen molar-refractivity contribution in [2.45, 2.75) is 25.8 Å². The normalized spacial score (nSPS) is 21.1. The molecule has 1 N–H and O–H groups in total. The van der Waals surface area contributed by atoms with Crippen molar-refractivity contribution in [1.82, 2.24) is 10.2 Å². The van der Waals surface area contributed by atoms with E-state index in [0.29, 0.717) is 5.41 Å². The van der Waals surface area contributed by atoms with Gasteiger partial charge >= 0.3 is 0 Å². The van der Waals surface area contributed by atoms with E-state index < -0.39 is 0 Å². The molecule has 2 aromatic carbocycles. The molecule has 2 nitrogen and oxygen atoms in total. The first-order valence-electron chi connectivity index (χ1n) is 8.24. The molecule has 2 saturated heterocycles. The molecule has 0 aliphatic carbocycles. The van der Waals surface area contributed by atoms with Crippen molar-refractivity contribution in [3.63, 3.8) is 0 Å². The number of nitrogens with zero attached hydrogens (tertiary/aromatic N) is 1. The number of piperidine rings is 1. The molecular formula is C19H25ClN2. The minimum Gasteiger partial charge on any atom is -0.317 e. The highest BCUT2D eigenvalue weighted by molar-refractivity contribution is 5.85. The smallest absolute Gasteiger partial charge is 0.0240 e. The van der Waals surface area contributed by atoms with E-state index in [4.69, 9.17) is 0 Å². The lowest BCUT2D eigenvalue weighted by molar-refractivity contribution is 0.194. The molecule has 0 bridgehead atoms. The minimum atomic E-state index is 0. The van der Waals surface area contributed by atoms with Crippen LogP contribution in [0.1, 0.15) is 24.8 Å². The molecule has 118 valence electrons. The van der Waals surface area contributed by atoms with Gasteiger partial charge in [-0.2, -0.15) is 0 Å². The standard InChI is InChI=1S/C19H24N2.ClH/c1-2-7-18-16(4-1)5-3-6-17(18)14-21-13-10-19(15-21)8-11-20-12-9-19;/h1-7,20H,8-15H2;1H. The van der Waals surface area contributed by atoms with Crippen LogP contribution in [-0.4, -0.2) is 31.1 Å². The SMILES string of the molecule is Cl.c1ccc2c(CN3CCC4(CCNCC4)C3)cccc2c1. The van der Waals surface area contributed by atoms with Crippen LogP contribution in [-0.2, 0) is 6.54 Å². The third-order valence-corrected chi connectivity index (χ3v) is 5.46. The van der Waals surface area contributed by atoms with Crippen LogP contribution in [0.5, 0.6) is 0 Å². The van der Waals surface area contributed by atoms with Crippen molar-refractivity contribution >= 4 is 23.2 Å². The van der Waals surface area contributed by atoms with Crippen molar-refractivity contribution in [2.24, 2.45) is 5.41 Å². The Morgan fingerprint density at radius 1 is 0.955 bits per heavy atom. The predicted octanol–water partition coefficient (Wildman–Crippen LogP) is 3.84. The second kappa shape index (κ2) is 6.57. The van der Waals surface area contributed by atoms with Gasteiger partial charge in [0, 0.05) is 13.1 Å². The molecule has 2 aliphatic heterocycles. The van der Waals surface area contributed by atoms with Crippen molar-refractivity contribution in [2.75, 3.05) is 26.2 Å². The van der Waals surface area contributed by atoms with E-state index in [2.05, 4.69) is 52.7 Å². The minimum absolute atomic E-state index is 0. The molecule has 1 spiro atoms. The van der Waals surface area contributed by atoms with E-state index in [1.165, 1.54) is 61.8 Å². The van der Waals surface area contributed by atoms with Crippen molar-refractivity contribution in [1.29, 1.82) is 0 Å². The molecule has 3 heteroatoms. The summed E-state index contributed by atoms with van der Waals surface area (Å²) in [4.78, 5) is 2.67. The molecular weight excluding hydrogens is 292 g/mol. The summed E-state index contributed by atoms with van der Waals surface area (Å²) in [5.41, 5.74) is 2.09. The van der Waals surface area contributed by atoms with Crippen LogP contribution in [0.15, 0.2) is 42.5 Å². The van der Waals surface area contributed by atoms with Gasteiger partial charge in [-0.15, -0.1) is 12.4 Å². The van der Waals surface area contributed by atoms with E-state index >= 15 is 0 Å². The lowest BCUT2D eigenvalue weighted by atomic mass is 9.78. The van der Waals surface area contributed by atoms with Crippen molar-refractivity contribution < 1.29 is 0 Å².